The molecule has 0 rings (SSSR count). The molecule has 4 N–H and O–H groups in total. The Kier molecular flexibility index (Phi) is 3.34. The number of thiol groups is 1. The van der Waals surface area contributed by atoms with Crippen LogP contribution >= 0.6 is 12.6 Å². The summed E-state index contributed by atoms with van der Waals surface area (Å²) in [5.41, 5.74) is 8.31. The SMILES string of the molecule is COC(=O)[C@@](N)(CS)C(N)=O. The van der Waals surface area contributed by atoms with Crippen molar-refractivity contribution in [1.29, 1.82) is 0 Å². The molecule has 0 aliphatic rings. The molecule has 0 radical (unpaired) electrons. The van der Waals surface area contributed by atoms with Crippen LogP contribution in [0.1, 0.15) is 0 Å². The molecule has 0 aromatic carbocycles. The number of hydrogen-bond acceptors (Lipinski definition) is 5. The number of primary amides is 1. The Labute approximate surface area is 69.5 Å². The van der Waals surface area contributed by atoms with Crippen LogP contribution in [0.5, 0.6) is 0 Å². The molecule has 0 aliphatic heterocycles. The second-order valence-electron chi connectivity index (χ2n) is 1.99. The van der Waals surface area contributed by atoms with Gasteiger partial charge in [-0.1, -0.05) is 0 Å². The average molecular weight is 178 g/mol. The van der Waals surface area contributed by atoms with Gasteiger partial charge >= 0.3 is 5.97 Å². The van der Waals surface area contributed by atoms with Crippen molar-refractivity contribution in [3.05, 3.63) is 0 Å². The standard InChI is InChI=1S/C5H10N2O3S/c1-10-4(9)5(7,2-11)3(6)8/h11H,2,7H2,1H3,(H2,6,8)/t5-/m1/s1. The summed E-state index contributed by atoms with van der Waals surface area (Å²) in [7, 11) is 1.12. The molecule has 0 saturated heterocycles. The highest BCUT2D eigenvalue weighted by molar-refractivity contribution is 7.80. The van der Waals surface area contributed by atoms with E-state index in [1.165, 1.54) is 0 Å². The summed E-state index contributed by atoms with van der Waals surface area (Å²) in [4.78, 5) is 21.4. The van der Waals surface area contributed by atoms with E-state index in [4.69, 9.17) is 11.5 Å². The fraction of sp³-hybridized carbons (Fsp3) is 0.600. The molecule has 64 valence electrons. The lowest BCUT2D eigenvalue weighted by Crippen LogP contribution is -2.60. The fourth-order valence-corrected chi connectivity index (χ4v) is 0.710. The lowest BCUT2D eigenvalue weighted by atomic mass is 10.0. The summed E-state index contributed by atoms with van der Waals surface area (Å²) in [5.74, 6) is -1.99. The minimum Gasteiger partial charge on any atom is -0.467 e. The zero-order valence-electron chi connectivity index (χ0n) is 6.03. The molecule has 1 amide bonds. The number of rotatable bonds is 3. The van der Waals surface area contributed by atoms with Gasteiger partial charge in [0.1, 0.15) is 0 Å². The quantitative estimate of drug-likeness (QED) is 0.272. The molecule has 11 heavy (non-hydrogen) atoms. The first-order chi connectivity index (χ1) is 4.99. The van der Waals surface area contributed by atoms with Crippen LogP contribution in [0.3, 0.4) is 0 Å². The first-order valence-corrected chi connectivity index (χ1v) is 3.40. The van der Waals surface area contributed by atoms with E-state index in [2.05, 4.69) is 17.4 Å². The van der Waals surface area contributed by atoms with Gasteiger partial charge in [0.25, 0.3) is 0 Å². The molecule has 0 aromatic rings. The monoisotopic (exact) mass is 178 g/mol. The van der Waals surface area contributed by atoms with Crippen LogP contribution in [0.4, 0.5) is 0 Å². The maximum Gasteiger partial charge on any atom is 0.336 e. The predicted octanol–water partition coefficient (Wildman–Crippen LogP) is -1.73. The number of esters is 1. The summed E-state index contributed by atoms with van der Waals surface area (Å²) in [5, 5.41) is 0. The van der Waals surface area contributed by atoms with Crippen molar-refractivity contribution in [1.82, 2.24) is 0 Å². The summed E-state index contributed by atoms with van der Waals surface area (Å²) in [6.45, 7) is 0. The first-order valence-electron chi connectivity index (χ1n) is 2.77. The molecule has 6 heteroatoms. The Morgan fingerprint density at radius 1 is 1.64 bits per heavy atom. The number of hydrogen-bond donors (Lipinski definition) is 3. The highest BCUT2D eigenvalue weighted by Crippen LogP contribution is 2.04. The van der Waals surface area contributed by atoms with Crippen LogP contribution in [0, 0.1) is 0 Å². The van der Waals surface area contributed by atoms with Crippen LogP contribution in [0.2, 0.25) is 0 Å². The van der Waals surface area contributed by atoms with Crippen molar-refractivity contribution >= 4 is 24.5 Å². The summed E-state index contributed by atoms with van der Waals surface area (Å²) >= 11 is 3.71. The van der Waals surface area contributed by atoms with Crippen LogP contribution in [0.15, 0.2) is 0 Å². The zero-order chi connectivity index (χ0) is 9.07. The molecular formula is C5H10N2O3S. The molecular weight excluding hydrogens is 168 g/mol. The summed E-state index contributed by atoms with van der Waals surface area (Å²) in [6, 6.07) is 0. The zero-order valence-corrected chi connectivity index (χ0v) is 6.93. The van der Waals surface area contributed by atoms with Gasteiger partial charge in [0.15, 0.2) is 0 Å². The minimum absolute atomic E-state index is 0.172. The van der Waals surface area contributed by atoms with Gasteiger partial charge in [-0.25, -0.2) is 4.79 Å². The lowest BCUT2D eigenvalue weighted by molar-refractivity contribution is -0.149. The van der Waals surface area contributed by atoms with E-state index in [1.807, 2.05) is 0 Å². The molecule has 1 atom stereocenters. The highest BCUT2D eigenvalue weighted by atomic mass is 32.1. The summed E-state index contributed by atoms with van der Waals surface area (Å²) in [6.07, 6.45) is 0. The van der Waals surface area contributed by atoms with Gasteiger partial charge in [0.05, 0.1) is 7.11 Å². The van der Waals surface area contributed by atoms with E-state index in [1.54, 1.807) is 0 Å². The maximum absolute atomic E-state index is 10.8. The second kappa shape index (κ2) is 3.59. The third kappa shape index (κ3) is 1.84. The van der Waals surface area contributed by atoms with Crippen LogP contribution < -0.4 is 11.5 Å². The van der Waals surface area contributed by atoms with Crippen molar-refractivity contribution in [3.63, 3.8) is 0 Å². The third-order valence-electron chi connectivity index (χ3n) is 1.24. The van der Waals surface area contributed by atoms with Crippen molar-refractivity contribution in [2.45, 2.75) is 5.54 Å². The Morgan fingerprint density at radius 2 is 2.09 bits per heavy atom. The number of carbonyl (C=O) groups excluding carboxylic acids is 2. The van der Waals surface area contributed by atoms with E-state index in [9.17, 15) is 9.59 Å². The average Bonchev–Trinajstić information content (AvgIpc) is 2.01. The van der Waals surface area contributed by atoms with Crippen LogP contribution in [0.25, 0.3) is 0 Å². The Morgan fingerprint density at radius 3 is 2.18 bits per heavy atom. The number of amides is 1. The number of methoxy groups -OCH3 is 1. The van der Waals surface area contributed by atoms with Gasteiger partial charge in [-0.3, -0.25) is 4.79 Å². The molecule has 0 spiro atoms. The smallest absolute Gasteiger partial charge is 0.336 e. The normalized spacial score (nSPS) is 15.2. The molecule has 5 nitrogen and oxygen atoms in total. The van der Waals surface area contributed by atoms with Crippen LogP contribution in [-0.4, -0.2) is 30.3 Å². The van der Waals surface area contributed by atoms with Gasteiger partial charge < -0.3 is 16.2 Å². The van der Waals surface area contributed by atoms with Crippen molar-refractivity contribution in [2.24, 2.45) is 11.5 Å². The molecule has 0 bridgehead atoms. The predicted molar refractivity (Wildman–Crippen MR) is 42.0 cm³/mol. The van der Waals surface area contributed by atoms with Crippen molar-refractivity contribution < 1.29 is 14.3 Å². The number of carbonyl (C=O) groups is 2. The maximum atomic E-state index is 10.8. The van der Waals surface area contributed by atoms with Gasteiger partial charge in [-0.05, 0) is 0 Å². The van der Waals surface area contributed by atoms with E-state index < -0.39 is 17.4 Å². The molecule has 0 aromatic heterocycles. The fourth-order valence-electron chi connectivity index (χ4n) is 0.425. The number of nitrogens with two attached hydrogens (primary N) is 2. The van der Waals surface area contributed by atoms with E-state index in [0.717, 1.165) is 7.11 Å². The molecule has 0 heterocycles. The number of ether oxygens (including phenoxy) is 1. The Hall–Kier alpha value is -0.750. The van der Waals surface area contributed by atoms with Crippen molar-refractivity contribution in [3.8, 4) is 0 Å². The van der Waals surface area contributed by atoms with E-state index in [0.29, 0.717) is 0 Å². The second-order valence-corrected chi connectivity index (χ2v) is 2.30. The molecule has 0 aliphatic carbocycles. The van der Waals surface area contributed by atoms with Gasteiger partial charge in [0.2, 0.25) is 11.4 Å². The first kappa shape index (κ1) is 10.2. The van der Waals surface area contributed by atoms with E-state index in [-0.39, 0.29) is 5.75 Å². The molecule has 0 saturated carbocycles. The Balaban J connectivity index is 4.59. The molecule has 0 fully saturated rings. The summed E-state index contributed by atoms with van der Waals surface area (Å²) < 4.78 is 4.25. The van der Waals surface area contributed by atoms with Gasteiger partial charge in [-0.2, -0.15) is 12.6 Å². The third-order valence-corrected chi connectivity index (χ3v) is 1.74. The van der Waals surface area contributed by atoms with Gasteiger partial charge in [0, 0.05) is 5.75 Å². The van der Waals surface area contributed by atoms with E-state index >= 15 is 0 Å². The van der Waals surface area contributed by atoms with Crippen molar-refractivity contribution in [2.75, 3.05) is 12.9 Å². The highest BCUT2D eigenvalue weighted by Gasteiger charge is 2.40. The lowest BCUT2D eigenvalue weighted by Gasteiger charge is -2.19. The van der Waals surface area contributed by atoms with Gasteiger partial charge in [-0.15, -0.1) is 0 Å². The van der Waals surface area contributed by atoms with Crippen LogP contribution in [-0.2, 0) is 14.3 Å². The minimum atomic E-state index is -1.81. The largest absolute Gasteiger partial charge is 0.467 e. The Bertz CT molecular complexity index is 185. The topological polar surface area (TPSA) is 95.4 Å². The molecule has 0 unspecified atom stereocenters.